The first-order valence-electron chi connectivity index (χ1n) is 7.63. The maximum Gasteiger partial charge on any atom is 0.401 e. The Balaban J connectivity index is 2.31. The number of likely N-dealkylation sites (tertiary alicyclic amines) is 1. The summed E-state index contributed by atoms with van der Waals surface area (Å²) in [6.45, 7) is 3.75. The zero-order valence-corrected chi connectivity index (χ0v) is 13.2. The van der Waals surface area contributed by atoms with E-state index in [4.69, 9.17) is 0 Å². The van der Waals surface area contributed by atoms with E-state index in [0.29, 0.717) is 32.5 Å². The Kier molecular flexibility index (Phi) is 6.93. The highest BCUT2D eigenvalue weighted by molar-refractivity contribution is 5.74. The molecule has 2 amide bonds. The summed E-state index contributed by atoms with van der Waals surface area (Å²) in [6.07, 6.45) is -2.06. The van der Waals surface area contributed by atoms with Crippen molar-refractivity contribution >= 4 is 6.03 Å². The van der Waals surface area contributed by atoms with Gasteiger partial charge in [0.1, 0.15) is 0 Å². The number of hydrogen-bond donors (Lipinski definition) is 3. The summed E-state index contributed by atoms with van der Waals surface area (Å²) in [7, 11) is 0. The third kappa shape index (κ3) is 6.83. The monoisotopic (exact) mass is 325 g/mol. The van der Waals surface area contributed by atoms with Gasteiger partial charge in [0.2, 0.25) is 0 Å². The van der Waals surface area contributed by atoms with Crippen molar-refractivity contribution in [2.24, 2.45) is 5.92 Å². The SMILES string of the molecule is CCCC(C)(CO)NC(=O)NCC1CCN(CC(F)(F)F)C1. The van der Waals surface area contributed by atoms with E-state index in [1.54, 1.807) is 6.92 Å². The molecule has 0 aromatic rings. The van der Waals surface area contributed by atoms with Crippen molar-refractivity contribution in [2.75, 3.05) is 32.8 Å². The minimum Gasteiger partial charge on any atom is -0.394 e. The largest absolute Gasteiger partial charge is 0.401 e. The predicted octanol–water partition coefficient (Wildman–Crippen LogP) is 1.72. The molecule has 1 aliphatic rings. The van der Waals surface area contributed by atoms with Gasteiger partial charge in [0, 0.05) is 13.1 Å². The fourth-order valence-corrected chi connectivity index (χ4v) is 2.76. The van der Waals surface area contributed by atoms with Crippen LogP contribution < -0.4 is 10.6 Å². The number of aliphatic hydroxyl groups is 1. The van der Waals surface area contributed by atoms with Crippen LogP contribution in [0.4, 0.5) is 18.0 Å². The number of urea groups is 1. The molecule has 1 heterocycles. The van der Waals surface area contributed by atoms with Crippen LogP contribution in [0.15, 0.2) is 0 Å². The third-order valence-electron chi connectivity index (χ3n) is 3.89. The molecule has 0 bridgehead atoms. The van der Waals surface area contributed by atoms with Crippen LogP contribution in [0, 0.1) is 5.92 Å². The van der Waals surface area contributed by atoms with Gasteiger partial charge in [-0.25, -0.2) is 4.79 Å². The highest BCUT2D eigenvalue weighted by Crippen LogP contribution is 2.22. The van der Waals surface area contributed by atoms with Crippen molar-refractivity contribution < 1.29 is 23.1 Å². The zero-order valence-electron chi connectivity index (χ0n) is 13.2. The second-order valence-electron chi connectivity index (χ2n) is 6.31. The van der Waals surface area contributed by atoms with Gasteiger partial charge in [0.05, 0.1) is 18.7 Å². The first-order chi connectivity index (χ1) is 10.2. The van der Waals surface area contributed by atoms with Crippen molar-refractivity contribution in [2.45, 2.75) is 44.8 Å². The molecule has 0 radical (unpaired) electrons. The Hall–Kier alpha value is -1.02. The van der Waals surface area contributed by atoms with E-state index in [-0.39, 0.29) is 18.6 Å². The van der Waals surface area contributed by atoms with Crippen molar-refractivity contribution in [1.29, 1.82) is 0 Å². The van der Waals surface area contributed by atoms with E-state index in [0.717, 1.165) is 6.42 Å². The number of nitrogens with zero attached hydrogens (tertiary/aromatic N) is 1. The molecule has 5 nitrogen and oxygen atoms in total. The van der Waals surface area contributed by atoms with Gasteiger partial charge in [-0.05, 0) is 32.2 Å². The lowest BCUT2D eigenvalue weighted by Gasteiger charge is -2.28. The summed E-state index contributed by atoms with van der Waals surface area (Å²) < 4.78 is 36.9. The van der Waals surface area contributed by atoms with Crippen LogP contribution >= 0.6 is 0 Å². The van der Waals surface area contributed by atoms with E-state index >= 15 is 0 Å². The summed E-state index contributed by atoms with van der Waals surface area (Å²) in [5, 5.41) is 14.7. The quantitative estimate of drug-likeness (QED) is 0.668. The van der Waals surface area contributed by atoms with E-state index in [1.807, 2.05) is 6.92 Å². The molecule has 1 saturated heterocycles. The van der Waals surface area contributed by atoms with E-state index in [2.05, 4.69) is 10.6 Å². The Morgan fingerprint density at radius 3 is 2.64 bits per heavy atom. The second-order valence-corrected chi connectivity index (χ2v) is 6.31. The number of rotatable bonds is 7. The predicted molar refractivity (Wildman–Crippen MR) is 77.5 cm³/mol. The Labute approximate surface area is 129 Å². The summed E-state index contributed by atoms with van der Waals surface area (Å²) >= 11 is 0. The number of hydrogen-bond acceptors (Lipinski definition) is 3. The number of alkyl halides is 3. The van der Waals surface area contributed by atoms with Crippen LogP contribution in [0.2, 0.25) is 0 Å². The highest BCUT2D eigenvalue weighted by Gasteiger charge is 2.34. The van der Waals surface area contributed by atoms with E-state index in [1.165, 1.54) is 4.90 Å². The van der Waals surface area contributed by atoms with Crippen molar-refractivity contribution in [1.82, 2.24) is 15.5 Å². The first-order valence-corrected chi connectivity index (χ1v) is 7.63. The molecule has 1 aliphatic heterocycles. The summed E-state index contributed by atoms with van der Waals surface area (Å²) in [5.74, 6) is 0.0275. The maximum absolute atomic E-state index is 12.3. The lowest BCUT2D eigenvalue weighted by Crippen LogP contribution is -2.53. The van der Waals surface area contributed by atoms with Gasteiger partial charge in [-0.3, -0.25) is 4.90 Å². The van der Waals surface area contributed by atoms with E-state index < -0.39 is 18.3 Å². The van der Waals surface area contributed by atoms with Crippen LogP contribution in [-0.4, -0.2) is 60.5 Å². The van der Waals surface area contributed by atoms with Crippen LogP contribution in [0.1, 0.15) is 33.1 Å². The van der Waals surface area contributed by atoms with Gasteiger partial charge in [-0.1, -0.05) is 13.3 Å². The van der Waals surface area contributed by atoms with Gasteiger partial charge in [0.15, 0.2) is 0 Å². The smallest absolute Gasteiger partial charge is 0.394 e. The van der Waals surface area contributed by atoms with Gasteiger partial charge in [-0.15, -0.1) is 0 Å². The van der Waals surface area contributed by atoms with E-state index in [9.17, 15) is 23.1 Å². The Bertz CT molecular complexity index is 366. The summed E-state index contributed by atoms with van der Waals surface area (Å²) in [4.78, 5) is 13.2. The van der Waals surface area contributed by atoms with Crippen molar-refractivity contribution in [3.05, 3.63) is 0 Å². The van der Waals surface area contributed by atoms with Gasteiger partial charge >= 0.3 is 12.2 Å². The fraction of sp³-hybridized carbons (Fsp3) is 0.929. The summed E-state index contributed by atoms with van der Waals surface area (Å²) in [5.41, 5.74) is -0.670. The fourth-order valence-electron chi connectivity index (χ4n) is 2.76. The first kappa shape index (κ1) is 19.0. The van der Waals surface area contributed by atoms with Gasteiger partial charge < -0.3 is 15.7 Å². The number of carbonyl (C=O) groups excluding carboxylic acids is 1. The average Bonchev–Trinajstić information content (AvgIpc) is 2.82. The number of aliphatic hydroxyl groups excluding tert-OH is 1. The molecule has 2 atom stereocenters. The number of carbonyl (C=O) groups is 1. The minimum absolute atomic E-state index is 0.0275. The van der Waals surface area contributed by atoms with Crippen molar-refractivity contribution in [3.8, 4) is 0 Å². The molecule has 1 rings (SSSR count). The average molecular weight is 325 g/mol. The maximum atomic E-state index is 12.3. The molecular weight excluding hydrogens is 299 g/mol. The van der Waals surface area contributed by atoms with Crippen LogP contribution in [0.3, 0.4) is 0 Å². The molecule has 0 saturated carbocycles. The molecule has 0 aliphatic carbocycles. The van der Waals surface area contributed by atoms with Crippen LogP contribution in [0.5, 0.6) is 0 Å². The standard InChI is InChI=1S/C14H26F3N3O2/c1-3-5-13(2,10-21)19-12(22)18-7-11-4-6-20(8-11)9-14(15,16)17/h11,21H,3-10H2,1-2H3,(H2,18,19,22). The van der Waals surface area contributed by atoms with Crippen LogP contribution in [0.25, 0.3) is 0 Å². The molecule has 0 aromatic carbocycles. The number of halogens is 3. The lowest BCUT2D eigenvalue weighted by atomic mass is 9.97. The molecule has 0 spiro atoms. The molecular formula is C14H26F3N3O2. The second kappa shape index (κ2) is 8.01. The summed E-state index contributed by atoms with van der Waals surface area (Å²) in [6, 6.07) is -0.390. The normalized spacial score (nSPS) is 22.4. The molecule has 1 fully saturated rings. The zero-order chi connectivity index (χ0) is 16.8. The molecule has 22 heavy (non-hydrogen) atoms. The van der Waals surface area contributed by atoms with Gasteiger partial charge in [-0.2, -0.15) is 13.2 Å². The Morgan fingerprint density at radius 1 is 1.41 bits per heavy atom. The molecule has 8 heteroatoms. The topological polar surface area (TPSA) is 64.6 Å². The Morgan fingerprint density at radius 2 is 2.09 bits per heavy atom. The molecule has 2 unspecified atom stereocenters. The molecule has 3 N–H and O–H groups in total. The molecule has 130 valence electrons. The number of nitrogens with one attached hydrogen (secondary N) is 2. The van der Waals surface area contributed by atoms with Gasteiger partial charge in [0.25, 0.3) is 0 Å². The third-order valence-corrected chi connectivity index (χ3v) is 3.89. The van der Waals surface area contributed by atoms with Crippen molar-refractivity contribution in [3.63, 3.8) is 0 Å². The van der Waals surface area contributed by atoms with Crippen LogP contribution in [-0.2, 0) is 0 Å². The molecule has 0 aromatic heterocycles. The lowest BCUT2D eigenvalue weighted by molar-refractivity contribution is -0.143. The highest BCUT2D eigenvalue weighted by atomic mass is 19.4. The minimum atomic E-state index is -4.18. The number of amides is 2.